The minimum Gasteiger partial charge on any atom is -0.491 e. The van der Waals surface area contributed by atoms with E-state index in [2.05, 4.69) is 37.8 Å². The van der Waals surface area contributed by atoms with Gasteiger partial charge in [-0.1, -0.05) is 26.3 Å². The van der Waals surface area contributed by atoms with Crippen molar-refractivity contribution in [1.82, 2.24) is 4.90 Å². The first kappa shape index (κ1) is 14.9. The molecule has 1 N–H and O–H groups in total. The Balaban J connectivity index is 1.86. The predicted octanol–water partition coefficient (Wildman–Crippen LogP) is 3.48. The van der Waals surface area contributed by atoms with E-state index < -0.39 is 6.10 Å². The second-order valence-corrected chi connectivity index (χ2v) is 6.86. The summed E-state index contributed by atoms with van der Waals surface area (Å²) in [7, 11) is 0. The van der Waals surface area contributed by atoms with E-state index in [4.69, 9.17) is 4.74 Å². The van der Waals surface area contributed by atoms with Gasteiger partial charge in [-0.15, -0.1) is 0 Å². The van der Waals surface area contributed by atoms with E-state index in [-0.39, 0.29) is 6.04 Å². The number of hydrogen-bond acceptors (Lipinski definition) is 3. The topological polar surface area (TPSA) is 32.7 Å². The van der Waals surface area contributed by atoms with Crippen LogP contribution in [-0.4, -0.2) is 35.2 Å². The third-order valence-corrected chi connectivity index (χ3v) is 5.07. The van der Waals surface area contributed by atoms with Crippen molar-refractivity contribution in [3.8, 4) is 5.75 Å². The van der Waals surface area contributed by atoms with Gasteiger partial charge in [-0.05, 0) is 49.9 Å². The molecule has 2 aliphatic rings. The maximum atomic E-state index is 10.9. The van der Waals surface area contributed by atoms with Crippen LogP contribution in [0.5, 0.6) is 5.75 Å². The summed E-state index contributed by atoms with van der Waals surface area (Å²) in [5, 5.41) is 10.9. The second kappa shape index (κ2) is 5.98. The summed E-state index contributed by atoms with van der Waals surface area (Å²) in [6.07, 6.45) is 3.32. The SMILES string of the molecule is CC(C)c1ccc2c(c1)C(O)C(N1CCCCC1C)CO2. The summed E-state index contributed by atoms with van der Waals surface area (Å²) >= 11 is 0. The monoisotopic (exact) mass is 289 g/mol. The summed E-state index contributed by atoms with van der Waals surface area (Å²) in [4.78, 5) is 2.44. The van der Waals surface area contributed by atoms with Crippen molar-refractivity contribution < 1.29 is 9.84 Å². The molecule has 0 spiro atoms. The number of hydrogen-bond donors (Lipinski definition) is 1. The van der Waals surface area contributed by atoms with Crippen molar-refractivity contribution in [2.45, 2.75) is 64.1 Å². The zero-order chi connectivity index (χ0) is 15.0. The lowest BCUT2D eigenvalue weighted by Gasteiger charge is -2.43. The fourth-order valence-electron chi connectivity index (χ4n) is 3.65. The van der Waals surface area contributed by atoms with Crippen LogP contribution in [-0.2, 0) is 0 Å². The molecule has 1 fully saturated rings. The number of nitrogens with zero attached hydrogens (tertiary/aromatic N) is 1. The number of piperidine rings is 1. The van der Waals surface area contributed by atoms with Crippen molar-refractivity contribution in [2.75, 3.05) is 13.2 Å². The van der Waals surface area contributed by atoms with E-state index in [9.17, 15) is 5.11 Å². The molecule has 0 radical (unpaired) electrons. The maximum absolute atomic E-state index is 10.9. The zero-order valence-electron chi connectivity index (χ0n) is 13.4. The molecule has 0 aromatic heterocycles. The maximum Gasteiger partial charge on any atom is 0.125 e. The molecule has 1 saturated heterocycles. The van der Waals surface area contributed by atoms with Crippen LogP contribution in [0.3, 0.4) is 0 Å². The number of fused-ring (bicyclic) bond motifs is 1. The van der Waals surface area contributed by atoms with E-state index in [0.29, 0.717) is 18.6 Å². The van der Waals surface area contributed by atoms with Gasteiger partial charge in [0.2, 0.25) is 0 Å². The van der Waals surface area contributed by atoms with Crippen molar-refractivity contribution >= 4 is 0 Å². The molecule has 0 amide bonds. The largest absolute Gasteiger partial charge is 0.491 e. The number of benzene rings is 1. The Kier molecular flexibility index (Phi) is 4.23. The van der Waals surface area contributed by atoms with Crippen LogP contribution in [0.2, 0.25) is 0 Å². The summed E-state index contributed by atoms with van der Waals surface area (Å²) in [6, 6.07) is 6.89. The Hall–Kier alpha value is -1.06. The second-order valence-electron chi connectivity index (χ2n) is 6.86. The molecule has 2 heterocycles. The van der Waals surface area contributed by atoms with Crippen molar-refractivity contribution in [3.63, 3.8) is 0 Å². The van der Waals surface area contributed by atoms with Crippen LogP contribution in [0.25, 0.3) is 0 Å². The highest BCUT2D eigenvalue weighted by molar-refractivity contribution is 5.42. The number of ether oxygens (including phenoxy) is 1. The Bertz CT molecular complexity index is 500. The fourth-order valence-corrected chi connectivity index (χ4v) is 3.65. The van der Waals surface area contributed by atoms with E-state index in [1.165, 1.54) is 24.8 Å². The minimum absolute atomic E-state index is 0.0928. The number of rotatable bonds is 2. The highest BCUT2D eigenvalue weighted by Gasteiger charge is 2.36. The molecule has 21 heavy (non-hydrogen) atoms. The van der Waals surface area contributed by atoms with Crippen molar-refractivity contribution in [3.05, 3.63) is 29.3 Å². The first-order valence-electron chi connectivity index (χ1n) is 8.28. The smallest absolute Gasteiger partial charge is 0.125 e. The van der Waals surface area contributed by atoms with Gasteiger partial charge in [0.1, 0.15) is 18.5 Å². The number of aliphatic hydroxyl groups excluding tert-OH is 1. The average molecular weight is 289 g/mol. The highest BCUT2D eigenvalue weighted by atomic mass is 16.5. The third-order valence-electron chi connectivity index (χ3n) is 5.07. The first-order valence-corrected chi connectivity index (χ1v) is 8.28. The van der Waals surface area contributed by atoms with Gasteiger partial charge in [-0.25, -0.2) is 0 Å². The Labute approximate surface area is 127 Å². The van der Waals surface area contributed by atoms with Crippen LogP contribution in [0.1, 0.15) is 63.2 Å². The van der Waals surface area contributed by atoms with Gasteiger partial charge in [0.05, 0.1) is 6.04 Å². The molecule has 0 bridgehead atoms. The summed E-state index contributed by atoms with van der Waals surface area (Å²) in [6.45, 7) is 8.31. The van der Waals surface area contributed by atoms with Crippen LogP contribution < -0.4 is 4.74 Å². The molecular weight excluding hydrogens is 262 g/mol. The van der Waals surface area contributed by atoms with Crippen molar-refractivity contribution in [2.24, 2.45) is 0 Å². The summed E-state index contributed by atoms with van der Waals surface area (Å²) in [5.74, 6) is 1.32. The number of likely N-dealkylation sites (tertiary alicyclic amines) is 1. The van der Waals surface area contributed by atoms with Crippen LogP contribution in [0, 0.1) is 0 Å². The van der Waals surface area contributed by atoms with E-state index >= 15 is 0 Å². The lowest BCUT2D eigenvalue weighted by atomic mass is 9.91. The van der Waals surface area contributed by atoms with Gasteiger partial charge in [-0.3, -0.25) is 4.90 Å². The highest BCUT2D eigenvalue weighted by Crippen LogP contribution is 2.37. The molecule has 3 heteroatoms. The van der Waals surface area contributed by atoms with Gasteiger partial charge in [0.15, 0.2) is 0 Å². The van der Waals surface area contributed by atoms with Gasteiger partial charge in [0.25, 0.3) is 0 Å². The first-order chi connectivity index (χ1) is 10.1. The quantitative estimate of drug-likeness (QED) is 0.905. The fraction of sp³-hybridized carbons (Fsp3) is 0.667. The molecule has 3 nitrogen and oxygen atoms in total. The van der Waals surface area contributed by atoms with Gasteiger partial charge in [-0.2, -0.15) is 0 Å². The summed E-state index contributed by atoms with van der Waals surface area (Å²) < 4.78 is 5.94. The summed E-state index contributed by atoms with van der Waals surface area (Å²) in [5.41, 5.74) is 2.24. The predicted molar refractivity (Wildman–Crippen MR) is 84.8 cm³/mol. The molecule has 0 saturated carbocycles. The van der Waals surface area contributed by atoms with Gasteiger partial charge >= 0.3 is 0 Å². The standard InChI is InChI=1S/C18H27NO2/c1-12(2)14-7-8-17-15(10-14)18(20)16(11-21-17)19-9-5-4-6-13(19)3/h7-8,10,12-13,16,18,20H,4-6,9,11H2,1-3H3. The lowest BCUT2D eigenvalue weighted by Crippen LogP contribution is -2.51. The Morgan fingerprint density at radius 1 is 1.29 bits per heavy atom. The van der Waals surface area contributed by atoms with E-state index in [1.807, 2.05) is 6.07 Å². The minimum atomic E-state index is -0.437. The van der Waals surface area contributed by atoms with Crippen LogP contribution >= 0.6 is 0 Å². The lowest BCUT2D eigenvalue weighted by molar-refractivity contribution is -0.0246. The normalized spacial score (nSPS) is 30.0. The van der Waals surface area contributed by atoms with E-state index in [1.54, 1.807) is 0 Å². The molecule has 1 aromatic rings. The molecule has 3 rings (SSSR count). The molecule has 2 aliphatic heterocycles. The Morgan fingerprint density at radius 2 is 2.10 bits per heavy atom. The number of aliphatic hydroxyl groups is 1. The molecular formula is C18H27NO2. The average Bonchev–Trinajstić information content (AvgIpc) is 2.48. The molecule has 116 valence electrons. The molecule has 0 aliphatic carbocycles. The van der Waals surface area contributed by atoms with Crippen molar-refractivity contribution in [1.29, 1.82) is 0 Å². The zero-order valence-corrected chi connectivity index (χ0v) is 13.4. The van der Waals surface area contributed by atoms with Gasteiger partial charge in [0, 0.05) is 11.6 Å². The van der Waals surface area contributed by atoms with Crippen LogP contribution in [0.15, 0.2) is 18.2 Å². The van der Waals surface area contributed by atoms with Gasteiger partial charge < -0.3 is 9.84 Å². The van der Waals surface area contributed by atoms with Crippen LogP contribution in [0.4, 0.5) is 0 Å². The Morgan fingerprint density at radius 3 is 2.81 bits per heavy atom. The molecule has 3 unspecified atom stereocenters. The molecule has 1 aromatic carbocycles. The third kappa shape index (κ3) is 2.82. The van der Waals surface area contributed by atoms with E-state index in [0.717, 1.165) is 17.9 Å². The molecule has 3 atom stereocenters.